The van der Waals surface area contributed by atoms with Gasteiger partial charge in [-0.15, -0.1) is 0 Å². The highest BCUT2D eigenvalue weighted by Gasteiger charge is 2.24. The fourth-order valence-corrected chi connectivity index (χ4v) is 2.51. The zero-order valence-corrected chi connectivity index (χ0v) is 18.7. The van der Waals surface area contributed by atoms with Gasteiger partial charge in [0.15, 0.2) is 0 Å². The van der Waals surface area contributed by atoms with Crippen LogP contribution >= 0.6 is 0 Å². The molecule has 0 bridgehead atoms. The van der Waals surface area contributed by atoms with Gasteiger partial charge in [-0.25, -0.2) is 4.79 Å². The summed E-state index contributed by atoms with van der Waals surface area (Å²) in [5.74, 6) is -0.244. The minimum atomic E-state index is -0.582. The number of amides is 1. The van der Waals surface area contributed by atoms with Crippen LogP contribution in [0.15, 0.2) is 30.3 Å². The lowest BCUT2D eigenvalue weighted by atomic mass is 9.97. The molecule has 1 amide bonds. The Morgan fingerprint density at radius 3 is 2.21 bits per heavy atom. The molecule has 6 nitrogen and oxygen atoms in total. The van der Waals surface area contributed by atoms with E-state index in [1.54, 1.807) is 4.90 Å². The number of carbonyl (C=O) groups excluding carboxylic acids is 2. The minimum absolute atomic E-state index is 0.244. The largest absolute Gasteiger partial charge is 0.465 e. The second-order valence-electron chi connectivity index (χ2n) is 9.36. The van der Waals surface area contributed by atoms with Crippen LogP contribution in [0.2, 0.25) is 0 Å². The van der Waals surface area contributed by atoms with Crippen LogP contribution in [0.3, 0.4) is 0 Å². The summed E-state index contributed by atoms with van der Waals surface area (Å²) in [6.07, 6.45) is 0.537. The third-order valence-electron chi connectivity index (χ3n) is 4.13. The number of nitrogens with zero attached hydrogens (tertiary/aromatic N) is 1. The lowest BCUT2D eigenvalue weighted by molar-refractivity contribution is -0.153. The molecular weight excluding hydrogens is 370 g/mol. The van der Waals surface area contributed by atoms with E-state index in [9.17, 15) is 14.7 Å². The van der Waals surface area contributed by atoms with Crippen molar-refractivity contribution in [3.8, 4) is 0 Å². The molecule has 0 aliphatic rings. The molecule has 29 heavy (non-hydrogen) atoms. The van der Waals surface area contributed by atoms with Crippen molar-refractivity contribution in [1.82, 2.24) is 4.90 Å². The highest BCUT2D eigenvalue weighted by Crippen LogP contribution is 2.16. The van der Waals surface area contributed by atoms with E-state index in [1.165, 1.54) is 0 Å². The number of aliphatic hydroxyl groups excluding tert-OH is 1. The first-order valence-corrected chi connectivity index (χ1v) is 10.3. The van der Waals surface area contributed by atoms with Gasteiger partial charge in [-0.05, 0) is 66.4 Å². The van der Waals surface area contributed by atoms with Gasteiger partial charge in [0.1, 0.15) is 5.60 Å². The van der Waals surface area contributed by atoms with Crippen LogP contribution < -0.4 is 0 Å². The van der Waals surface area contributed by atoms with E-state index in [1.807, 2.05) is 71.9 Å². The average Bonchev–Trinajstić information content (AvgIpc) is 2.60. The van der Waals surface area contributed by atoms with E-state index in [4.69, 9.17) is 9.47 Å². The van der Waals surface area contributed by atoms with Crippen molar-refractivity contribution in [2.75, 3.05) is 13.2 Å². The summed E-state index contributed by atoms with van der Waals surface area (Å²) < 4.78 is 10.7. The van der Waals surface area contributed by atoms with E-state index in [-0.39, 0.29) is 12.6 Å². The fraction of sp³-hybridized carbons (Fsp3) is 0.652. The standard InChI is InChI=1S/C23H37NO5/c1-22(2,3)20(26)28-16-10-13-19(25)14-15-24(21(27)29-23(4,5)6)17-18-11-8-7-9-12-18/h7-9,11-12,19,25H,10,13-17H2,1-6H3/t19-/m0/s1. The number of benzene rings is 1. The number of esters is 1. The summed E-state index contributed by atoms with van der Waals surface area (Å²) in [6.45, 7) is 12.0. The molecule has 0 saturated heterocycles. The Hall–Kier alpha value is -2.08. The Kier molecular flexibility index (Phi) is 9.63. The van der Waals surface area contributed by atoms with E-state index >= 15 is 0 Å². The van der Waals surface area contributed by atoms with Crippen molar-refractivity contribution in [2.45, 2.75) is 79.1 Å². The molecule has 164 valence electrons. The maximum absolute atomic E-state index is 12.6. The highest BCUT2D eigenvalue weighted by molar-refractivity contribution is 5.75. The van der Waals surface area contributed by atoms with Gasteiger partial charge in [-0.3, -0.25) is 4.79 Å². The molecule has 1 aromatic carbocycles. The molecule has 1 N–H and O–H groups in total. The molecule has 0 spiro atoms. The minimum Gasteiger partial charge on any atom is -0.465 e. The lowest BCUT2D eigenvalue weighted by Crippen LogP contribution is -2.38. The van der Waals surface area contributed by atoms with E-state index in [0.717, 1.165) is 5.56 Å². The SMILES string of the molecule is CC(C)(C)OC(=O)N(CC[C@@H](O)CCCOC(=O)C(C)(C)C)Cc1ccccc1. The third kappa shape index (κ3) is 10.9. The number of aliphatic hydroxyl groups is 1. The van der Waals surface area contributed by atoms with Gasteiger partial charge >= 0.3 is 12.1 Å². The van der Waals surface area contributed by atoms with E-state index in [2.05, 4.69) is 0 Å². The normalized spacial score (nSPS) is 12.9. The molecule has 1 aromatic rings. The first-order valence-electron chi connectivity index (χ1n) is 10.3. The smallest absolute Gasteiger partial charge is 0.410 e. The van der Waals surface area contributed by atoms with Crippen LogP contribution in [0.25, 0.3) is 0 Å². The second-order valence-corrected chi connectivity index (χ2v) is 9.36. The predicted octanol–water partition coefficient (Wildman–Crippen LogP) is 4.54. The quantitative estimate of drug-likeness (QED) is 0.480. The van der Waals surface area contributed by atoms with Crippen LogP contribution in [0.4, 0.5) is 4.79 Å². The van der Waals surface area contributed by atoms with Gasteiger partial charge in [0, 0.05) is 13.1 Å². The Balaban J connectivity index is 2.51. The van der Waals surface area contributed by atoms with E-state index in [0.29, 0.717) is 32.4 Å². The van der Waals surface area contributed by atoms with Gasteiger partial charge in [0.25, 0.3) is 0 Å². The number of carbonyl (C=O) groups is 2. The molecule has 1 atom stereocenters. The van der Waals surface area contributed by atoms with Crippen molar-refractivity contribution < 1.29 is 24.2 Å². The van der Waals surface area contributed by atoms with Crippen LogP contribution in [-0.2, 0) is 20.8 Å². The molecule has 0 radical (unpaired) electrons. The molecule has 0 unspecified atom stereocenters. The fourth-order valence-electron chi connectivity index (χ4n) is 2.51. The molecule has 1 rings (SSSR count). The first kappa shape index (κ1) is 25.0. The number of ether oxygens (including phenoxy) is 2. The van der Waals surface area contributed by atoms with Crippen molar-refractivity contribution in [2.24, 2.45) is 5.41 Å². The van der Waals surface area contributed by atoms with Gasteiger partial charge < -0.3 is 19.5 Å². The predicted molar refractivity (Wildman–Crippen MR) is 113 cm³/mol. The molecule has 0 aromatic heterocycles. The maximum atomic E-state index is 12.6. The molecular formula is C23H37NO5. The van der Waals surface area contributed by atoms with Gasteiger partial charge in [0.05, 0.1) is 18.1 Å². The Labute approximate surface area is 175 Å². The topological polar surface area (TPSA) is 76.1 Å². The van der Waals surface area contributed by atoms with Gasteiger partial charge in [-0.1, -0.05) is 30.3 Å². The van der Waals surface area contributed by atoms with Crippen molar-refractivity contribution in [1.29, 1.82) is 0 Å². The monoisotopic (exact) mass is 407 g/mol. The average molecular weight is 408 g/mol. The number of hydrogen-bond donors (Lipinski definition) is 1. The van der Waals surface area contributed by atoms with Crippen LogP contribution in [0, 0.1) is 5.41 Å². The second kappa shape index (κ2) is 11.2. The van der Waals surface area contributed by atoms with Crippen LogP contribution in [-0.4, -0.2) is 46.9 Å². The summed E-state index contributed by atoms with van der Waals surface area (Å²) in [5.41, 5.74) is -0.104. The zero-order chi connectivity index (χ0) is 22.1. The molecule has 0 saturated carbocycles. The molecule has 6 heteroatoms. The summed E-state index contributed by atoms with van der Waals surface area (Å²) in [6, 6.07) is 9.69. The molecule has 0 aliphatic carbocycles. The van der Waals surface area contributed by atoms with Gasteiger partial charge in [-0.2, -0.15) is 0 Å². The maximum Gasteiger partial charge on any atom is 0.410 e. The lowest BCUT2D eigenvalue weighted by Gasteiger charge is -2.28. The Morgan fingerprint density at radius 1 is 1.03 bits per heavy atom. The van der Waals surface area contributed by atoms with Crippen LogP contribution in [0.1, 0.15) is 66.4 Å². The van der Waals surface area contributed by atoms with Crippen LogP contribution in [0.5, 0.6) is 0 Å². The Morgan fingerprint density at radius 2 is 1.66 bits per heavy atom. The number of rotatable bonds is 9. The van der Waals surface area contributed by atoms with E-state index < -0.39 is 23.2 Å². The summed E-state index contributed by atoms with van der Waals surface area (Å²) >= 11 is 0. The molecule has 0 aliphatic heterocycles. The number of hydrogen-bond acceptors (Lipinski definition) is 5. The highest BCUT2D eigenvalue weighted by atomic mass is 16.6. The van der Waals surface area contributed by atoms with Crippen molar-refractivity contribution >= 4 is 12.1 Å². The molecule has 0 fully saturated rings. The first-order chi connectivity index (χ1) is 13.4. The van der Waals surface area contributed by atoms with Gasteiger partial charge in [0.2, 0.25) is 0 Å². The Bertz CT molecular complexity index is 631. The third-order valence-corrected chi connectivity index (χ3v) is 4.13. The summed E-state index contributed by atoms with van der Waals surface area (Å²) in [7, 11) is 0. The molecule has 0 heterocycles. The van der Waals surface area contributed by atoms with Crippen molar-refractivity contribution in [3.05, 3.63) is 35.9 Å². The zero-order valence-electron chi connectivity index (χ0n) is 18.7. The summed E-state index contributed by atoms with van der Waals surface area (Å²) in [5, 5.41) is 10.3. The van der Waals surface area contributed by atoms with Crippen molar-refractivity contribution in [3.63, 3.8) is 0 Å². The summed E-state index contributed by atoms with van der Waals surface area (Å²) in [4.78, 5) is 25.9.